The Morgan fingerprint density at radius 2 is 2.00 bits per heavy atom. The minimum Gasteiger partial charge on any atom is -0.476 e. The van der Waals surface area contributed by atoms with Crippen LogP contribution in [0.1, 0.15) is 16.1 Å². The number of aromatic carboxylic acids is 1. The monoisotopic (exact) mass is 291 g/mol. The van der Waals surface area contributed by atoms with E-state index in [0.29, 0.717) is 6.07 Å². The minimum atomic E-state index is -4.81. The second-order valence-electron chi connectivity index (χ2n) is 3.51. The summed E-state index contributed by atoms with van der Waals surface area (Å²) in [4.78, 5) is 14.2. The number of carbonyl (C=O) groups is 1. The summed E-state index contributed by atoms with van der Waals surface area (Å²) in [7, 11) is 0. The van der Waals surface area contributed by atoms with Crippen molar-refractivity contribution in [3.8, 4) is 10.6 Å². The zero-order valence-corrected chi connectivity index (χ0v) is 9.85. The molecule has 0 saturated heterocycles. The van der Waals surface area contributed by atoms with Crippen LogP contribution in [0.25, 0.3) is 10.6 Å². The summed E-state index contributed by atoms with van der Waals surface area (Å²) >= 11 is 0.765. The minimum absolute atomic E-state index is 0.110. The highest BCUT2D eigenvalue weighted by Crippen LogP contribution is 2.36. The predicted molar refractivity (Wildman–Crippen MR) is 59.5 cm³/mol. The highest BCUT2D eigenvalue weighted by molar-refractivity contribution is 7.13. The molecule has 8 heteroatoms. The number of hydrogen-bond acceptors (Lipinski definition) is 3. The van der Waals surface area contributed by atoms with Crippen LogP contribution in [0.2, 0.25) is 0 Å². The highest BCUT2D eigenvalue weighted by atomic mass is 32.1. The number of aromatic nitrogens is 1. The molecule has 0 aliphatic heterocycles. The van der Waals surface area contributed by atoms with Crippen molar-refractivity contribution >= 4 is 17.3 Å². The molecule has 0 spiro atoms. The third-order valence-electron chi connectivity index (χ3n) is 2.26. The van der Waals surface area contributed by atoms with E-state index in [-0.39, 0.29) is 16.3 Å². The maximum atomic E-state index is 13.8. The van der Waals surface area contributed by atoms with E-state index < -0.39 is 23.5 Å². The van der Waals surface area contributed by atoms with Crippen molar-refractivity contribution in [1.82, 2.24) is 4.98 Å². The van der Waals surface area contributed by atoms with E-state index >= 15 is 0 Å². The van der Waals surface area contributed by atoms with Crippen LogP contribution in [-0.4, -0.2) is 16.1 Å². The van der Waals surface area contributed by atoms with Gasteiger partial charge in [-0.3, -0.25) is 0 Å². The van der Waals surface area contributed by atoms with Gasteiger partial charge >= 0.3 is 12.1 Å². The van der Waals surface area contributed by atoms with Gasteiger partial charge in [-0.15, -0.1) is 11.3 Å². The Balaban J connectivity index is 2.54. The molecule has 0 aliphatic rings. The molecule has 19 heavy (non-hydrogen) atoms. The number of alkyl halides is 3. The van der Waals surface area contributed by atoms with Gasteiger partial charge in [0, 0.05) is 10.9 Å². The molecular formula is C11H5F4NO2S. The van der Waals surface area contributed by atoms with Crippen LogP contribution in [0.5, 0.6) is 0 Å². The molecule has 0 amide bonds. The first kappa shape index (κ1) is 13.5. The molecule has 2 aromatic rings. The molecule has 2 rings (SSSR count). The Morgan fingerprint density at radius 3 is 2.53 bits per heavy atom. The van der Waals surface area contributed by atoms with E-state index in [1.165, 1.54) is 0 Å². The van der Waals surface area contributed by atoms with Crippen LogP contribution in [0.15, 0.2) is 23.6 Å². The Morgan fingerprint density at radius 1 is 1.32 bits per heavy atom. The topological polar surface area (TPSA) is 50.2 Å². The molecule has 0 radical (unpaired) electrons. The van der Waals surface area contributed by atoms with Crippen LogP contribution >= 0.6 is 11.3 Å². The second-order valence-corrected chi connectivity index (χ2v) is 4.37. The average Bonchev–Trinajstić information content (AvgIpc) is 2.77. The van der Waals surface area contributed by atoms with Crippen LogP contribution in [0.3, 0.4) is 0 Å². The third-order valence-corrected chi connectivity index (χ3v) is 3.13. The molecule has 1 aromatic heterocycles. The van der Waals surface area contributed by atoms with E-state index in [9.17, 15) is 22.4 Å². The lowest BCUT2D eigenvalue weighted by atomic mass is 10.1. The summed E-state index contributed by atoms with van der Waals surface area (Å²) in [6.45, 7) is 0. The van der Waals surface area contributed by atoms with Crippen LogP contribution < -0.4 is 0 Å². The molecule has 0 atom stereocenters. The first-order chi connectivity index (χ1) is 8.80. The van der Waals surface area contributed by atoms with Gasteiger partial charge < -0.3 is 5.11 Å². The number of hydrogen-bond donors (Lipinski definition) is 1. The standard InChI is InChI=1S/C11H5F4NO2S/c12-8-5(2-1-3-6(8)11(13,14)15)9-16-7(4-19-9)10(17)18/h1-4H,(H,17,18). The van der Waals surface area contributed by atoms with Crippen molar-refractivity contribution in [2.24, 2.45) is 0 Å². The maximum Gasteiger partial charge on any atom is 0.419 e. The van der Waals surface area contributed by atoms with E-state index in [1.807, 2.05) is 0 Å². The summed E-state index contributed by atoms with van der Waals surface area (Å²) in [5.41, 5.74) is -2.11. The summed E-state index contributed by atoms with van der Waals surface area (Å²) in [5, 5.41) is 9.69. The summed E-state index contributed by atoms with van der Waals surface area (Å²) < 4.78 is 51.3. The smallest absolute Gasteiger partial charge is 0.419 e. The van der Waals surface area contributed by atoms with Gasteiger partial charge in [-0.05, 0) is 12.1 Å². The SMILES string of the molecule is O=C(O)c1csc(-c2cccc(C(F)(F)F)c2F)n1. The van der Waals surface area contributed by atoms with Crippen molar-refractivity contribution in [3.63, 3.8) is 0 Å². The fourth-order valence-electron chi connectivity index (χ4n) is 1.41. The number of benzene rings is 1. The van der Waals surface area contributed by atoms with Gasteiger partial charge in [-0.1, -0.05) is 6.07 Å². The molecule has 0 fully saturated rings. The largest absolute Gasteiger partial charge is 0.476 e. The van der Waals surface area contributed by atoms with Crippen molar-refractivity contribution < 1.29 is 27.5 Å². The van der Waals surface area contributed by atoms with Gasteiger partial charge in [0.25, 0.3) is 0 Å². The predicted octanol–water partition coefficient (Wildman–Crippen LogP) is 3.67. The quantitative estimate of drug-likeness (QED) is 0.859. The van der Waals surface area contributed by atoms with Gasteiger partial charge in [-0.2, -0.15) is 13.2 Å². The first-order valence-corrected chi connectivity index (χ1v) is 5.73. The average molecular weight is 291 g/mol. The lowest BCUT2D eigenvalue weighted by Crippen LogP contribution is -2.08. The summed E-state index contributed by atoms with van der Waals surface area (Å²) in [5.74, 6) is -2.78. The van der Waals surface area contributed by atoms with E-state index in [0.717, 1.165) is 28.8 Å². The maximum absolute atomic E-state index is 13.8. The number of halogens is 4. The van der Waals surface area contributed by atoms with Crippen LogP contribution in [0.4, 0.5) is 17.6 Å². The molecule has 0 aliphatic carbocycles. The van der Waals surface area contributed by atoms with E-state index in [2.05, 4.69) is 4.98 Å². The van der Waals surface area contributed by atoms with Crippen molar-refractivity contribution in [3.05, 3.63) is 40.7 Å². The van der Waals surface area contributed by atoms with Gasteiger partial charge in [0.2, 0.25) is 0 Å². The molecule has 0 bridgehead atoms. The first-order valence-electron chi connectivity index (χ1n) is 4.85. The highest BCUT2D eigenvalue weighted by Gasteiger charge is 2.35. The Hall–Kier alpha value is -1.96. The molecule has 3 nitrogen and oxygen atoms in total. The zero-order valence-electron chi connectivity index (χ0n) is 9.03. The van der Waals surface area contributed by atoms with Gasteiger partial charge in [0.15, 0.2) is 5.69 Å². The van der Waals surface area contributed by atoms with Gasteiger partial charge in [0.05, 0.1) is 5.56 Å². The zero-order chi connectivity index (χ0) is 14.2. The fraction of sp³-hybridized carbons (Fsp3) is 0.0909. The van der Waals surface area contributed by atoms with Crippen LogP contribution in [-0.2, 0) is 6.18 Å². The molecule has 1 heterocycles. The summed E-state index contributed by atoms with van der Waals surface area (Å²) in [6, 6.07) is 2.78. The summed E-state index contributed by atoms with van der Waals surface area (Å²) in [6.07, 6.45) is -4.81. The lowest BCUT2D eigenvalue weighted by Gasteiger charge is -2.09. The second kappa shape index (κ2) is 4.61. The normalized spacial score (nSPS) is 11.6. The molecule has 1 N–H and O–H groups in total. The Bertz CT molecular complexity index is 636. The number of nitrogens with zero attached hydrogens (tertiary/aromatic N) is 1. The van der Waals surface area contributed by atoms with Gasteiger partial charge in [0.1, 0.15) is 10.8 Å². The van der Waals surface area contributed by atoms with Crippen molar-refractivity contribution in [1.29, 1.82) is 0 Å². The van der Waals surface area contributed by atoms with Gasteiger partial charge in [-0.25, -0.2) is 14.2 Å². The lowest BCUT2D eigenvalue weighted by molar-refractivity contribution is -0.139. The molecular weight excluding hydrogens is 286 g/mol. The Labute approximate surface area is 108 Å². The van der Waals surface area contributed by atoms with E-state index in [1.54, 1.807) is 0 Å². The Kier molecular flexibility index (Phi) is 3.27. The van der Waals surface area contributed by atoms with E-state index in [4.69, 9.17) is 5.11 Å². The number of carboxylic acids is 1. The molecule has 1 aromatic carbocycles. The fourth-order valence-corrected chi connectivity index (χ4v) is 2.22. The number of carboxylic acid groups (broad SMARTS) is 1. The van der Waals surface area contributed by atoms with Crippen LogP contribution in [0, 0.1) is 5.82 Å². The number of rotatable bonds is 2. The van der Waals surface area contributed by atoms with Crippen molar-refractivity contribution in [2.75, 3.05) is 0 Å². The van der Waals surface area contributed by atoms with Crippen molar-refractivity contribution in [2.45, 2.75) is 6.18 Å². The molecule has 0 unspecified atom stereocenters. The number of thiazole rings is 1. The third kappa shape index (κ3) is 2.58. The molecule has 100 valence electrons. The molecule has 0 saturated carbocycles.